The molecule has 3 rings (SSSR count). The molecule has 0 saturated carbocycles. The zero-order valence-corrected chi connectivity index (χ0v) is 21.4. The fourth-order valence-corrected chi connectivity index (χ4v) is 4.51. The van der Waals surface area contributed by atoms with Gasteiger partial charge in [0, 0.05) is 18.1 Å². The van der Waals surface area contributed by atoms with E-state index in [0.717, 1.165) is 6.42 Å². The number of aromatic nitrogens is 1. The molecule has 5 N–H and O–H groups in total. The molecule has 36 heavy (non-hydrogen) atoms. The Morgan fingerprint density at radius 3 is 2.39 bits per heavy atom. The number of carbonyl (C=O) groups excluding carboxylic acids is 3. The number of nitrogens with zero attached hydrogens (tertiary/aromatic N) is 2. The minimum absolute atomic E-state index is 0.0436. The lowest BCUT2D eigenvalue weighted by Crippen LogP contribution is -2.43. The van der Waals surface area contributed by atoms with Gasteiger partial charge in [-0.15, -0.1) is 0 Å². The van der Waals surface area contributed by atoms with E-state index in [1.165, 1.54) is 29.2 Å². The molecule has 0 spiro atoms. The highest BCUT2D eigenvalue weighted by atomic mass is 35.5. The van der Waals surface area contributed by atoms with Crippen LogP contribution in [0.1, 0.15) is 57.6 Å². The third-order valence-electron chi connectivity index (χ3n) is 5.48. The van der Waals surface area contributed by atoms with Gasteiger partial charge in [-0.05, 0) is 53.2 Å². The van der Waals surface area contributed by atoms with Crippen LogP contribution in [0.25, 0.3) is 0 Å². The molecule has 190 valence electrons. The fourth-order valence-electron chi connectivity index (χ4n) is 3.55. The Labute approximate surface area is 217 Å². The highest BCUT2D eigenvalue weighted by molar-refractivity contribution is 7.09. The van der Waals surface area contributed by atoms with Crippen molar-refractivity contribution in [1.82, 2.24) is 14.6 Å². The molecule has 1 atom stereocenters. The first-order valence-electron chi connectivity index (χ1n) is 11.2. The Hall–Kier alpha value is -3.50. The SMILES string of the molecule is CC(C)CCNC(=O)[C@@H](c1ccc(F)cc1)N(Cc1ccccc1Cl)C(=O)c1snc(C(N)=O)c1N. The number of nitrogen functional groups attached to an aromatic ring is 1. The van der Waals surface area contributed by atoms with Gasteiger partial charge in [0.25, 0.3) is 11.8 Å². The topological polar surface area (TPSA) is 131 Å². The summed E-state index contributed by atoms with van der Waals surface area (Å²) in [5.41, 5.74) is 11.9. The summed E-state index contributed by atoms with van der Waals surface area (Å²) in [4.78, 5) is 40.3. The molecule has 0 bridgehead atoms. The number of nitrogens with one attached hydrogen (secondary N) is 1. The summed E-state index contributed by atoms with van der Waals surface area (Å²) >= 11 is 7.09. The van der Waals surface area contributed by atoms with Crippen LogP contribution in [0.2, 0.25) is 5.02 Å². The van der Waals surface area contributed by atoms with Gasteiger partial charge in [-0.3, -0.25) is 14.4 Å². The maximum Gasteiger partial charge on any atom is 0.270 e. The summed E-state index contributed by atoms with van der Waals surface area (Å²) < 4.78 is 17.7. The van der Waals surface area contributed by atoms with Crippen molar-refractivity contribution in [2.24, 2.45) is 11.7 Å². The normalized spacial score (nSPS) is 11.8. The van der Waals surface area contributed by atoms with Crippen LogP contribution in [0.15, 0.2) is 48.5 Å². The maximum atomic E-state index is 13.9. The Kier molecular flexibility index (Phi) is 9.00. The van der Waals surface area contributed by atoms with Crippen molar-refractivity contribution in [1.29, 1.82) is 0 Å². The molecule has 0 aliphatic rings. The molecule has 0 aliphatic carbocycles. The van der Waals surface area contributed by atoms with Crippen LogP contribution in [0.3, 0.4) is 0 Å². The molecule has 8 nitrogen and oxygen atoms in total. The molecular formula is C25H27ClFN5O3S. The second-order valence-corrected chi connectivity index (χ2v) is 9.77. The number of hydrogen-bond donors (Lipinski definition) is 3. The monoisotopic (exact) mass is 531 g/mol. The number of amides is 3. The minimum Gasteiger partial charge on any atom is -0.395 e. The van der Waals surface area contributed by atoms with Crippen molar-refractivity contribution in [3.05, 3.63) is 81.1 Å². The predicted octanol–water partition coefficient (Wildman–Crippen LogP) is 4.16. The van der Waals surface area contributed by atoms with Crippen LogP contribution in [-0.4, -0.2) is 33.5 Å². The molecule has 0 unspecified atom stereocenters. The lowest BCUT2D eigenvalue weighted by Gasteiger charge is -2.31. The number of primary amides is 1. The quantitative estimate of drug-likeness (QED) is 0.361. The van der Waals surface area contributed by atoms with E-state index < -0.39 is 29.6 Å². The molecule has 0 saturated heterocycles. The zero-order chi connectivity index (χ0) is 26.4. The second-order valence-electron chi connectivity index (χ2n) is 8.59. The first kappa shape index (κ1) is 27.1. The van der Waals surface area contributed by atoms with Gasteiger partial charge in [-0.25, -0.2) is 4.39 Å². The average Bonchev–Trinajstić information content (AvgIpc) is 3.22. The van der Waals surface area contributed by atoms with E-state index in [4.69, 9.17) is 23.1 Å². The molecule has 0 aliphatic heterocycles. The van der Waals surface area contributed by atoms with Crippen molar-refractivity contribution in [3.63, 3.8) is 0 Å². The molecule has 3 amide bonds. The summed E-state index contributed by atoms with van der Waals surface area (Å²) in [5.74, 6) is -2.12. The van der Waals surface area contributed by atoms with E-state index >= 15 is 0 Å². The van der Waals surface area contributed by atoms with Gasteiger partial charge >= 0.3 is 0 Å². The number of benzene rings is 2. The zero-order valence-electron chi connectivity index (χ0n) is 19.8. The van der Waals surface area contributed by atoms with Crippen molar-refractivity contribution < 1.29 is 18.8 Å². The molecule has 1 heterocycles. The van der Waals surface area contributed by atoms with Gasteiger partial charge in [0.15, 0.2) is 5.69 Å². The lowest BCUT2D eigenvalue weighted by atomic mass is 10.0. The molecule has 0 fully saturated rings. The summed E-state index contributed by atoms with van der Waals surface area (Å²) in [6.45, 7) is 4.37. The Balaban J connectivity index is 2.11. The van der Waals surface area contributed by atoms with Gasteiger partial charge in [-0.2, -0.15) is 4.37 Å². The third-order valence-corrected chi connectivity index (χ3v) is 6.70. The average molecular weight is 532 g/mol. The molecular weight excluding hydrogens is 505 g/mol. The van der Waals surface area contributed by atoms with E-state index in [1.54, 1.807) is 24.3 Å². The summed E-state index contributed by atoms with van der Waals surface area (Å²) in [6.07, 6.45) is 0.726. The highest BCUT2D eigenvalue weighted by Crippen LogP contribution is 2.31. The lowest BCUT2D eigenvalue weighted by molar-refractivity contribution is -0.126. The van der Waals surface area contributed by atoms with Gasteiger partial charge in [-0.1, -0.05) is 55.8 Å². The second kappa shape index (κ2) is 12.0. The fraction of sp³-hybridized carbons (Fsp3) is 0.280. The first-order chi connectivity index (χ1) is 17.1. The van der Waals surface area contributed by atoms with Gasteiger partial charge in [0.05, 0.1) is 5.69 Å². The Morgan fingerprint density at radius 2 is 1.81 bits per heavy atom. The largest absolute Gasteiger partial charge is 0.395 e. The predicted molar refractivity (Wildman–Crippen MR) is 138 cm³/mol. The summed E-state index contributed by atoms with van der Waals surface area (Å²) in [6, 6.07) is 11.1. The van der Waals surface area contributed by atoms with Crippen LogP contribution in [0.4, 0.5) is 10.1 Å². The Bertz CT molecular complexity index is 1250. The van der Waals surface area contributed by atoms with Gasteiger partial charge < -0.3 is 21.7 Å². The molecule has 0 radical (unpaired) electrons. The first-order valence-corrected chi connectivity index (χ1v) is 12.4. The molecule has 1 aromatic heterocycles. The van der Waals surface area contributed by atoms with E-state index in [2.05, 4.69) is 9.69 Å². The van der Waals surface area contributed by atoms with E-state index in [0.29, 0.717) is 40.1 Å². The van der Waals surface area contributed by atoms with Gasteiger partial charge in [0.2, 0.25) is 5.91 Å². The number of anilines is 1. The maximum absolute atomic E-state index is 13.9. The summed E-state index contributed by atoms with van der Waals surface area (Å²) in [5, 5.41) is 3.27. The van der Waals surface area contributed by atoms with Crippen LogP contribution >= 0.6 is 23.1 Å². The number of nitrogens with two attached hydrogens (primary N) is 2. The van der Waals surface area contributed by atoms with Crippen molar-refractivity contribution in [2.45, 2.75) is 32.9 Å². The van der Waals surface area contributed by atoms with E-state index in [-0.39, 0.29) is 22.8 Å². The standard InChI is InChI=1S/C25H27ClFN5O3S/c1-14(2)11-12-30-24(34)21(15-7-9-17(27)10-8-15)32(13-16-5-3-4-6-18(16)26)25(35)22-19(28)20(23(29)33)31-36-22/h3-10,14,21H,11-13,28H2,1-2H3,(H2,29,33)(H,30,34)/t21-/m1/s1. The van der Waals surface area contributed by atoms with Crippen molar-refractivity contribution in [3.8, 4) is 0 Å². The summed E-state index contributed by atoms with van der Waals surface area (Å²) in [7, 11) is 0. The van der Waals surface area contributed by atoms with E-state index in [1.807, 2.05) is 13.8 Å². The molecule has 11 heteroatoms. The van der Waals surface area contributed by atoms with Crippen molar-refractivity contribution >= 4 is 46.5 Å². The van der Waals surface area contributed by atoms with Crippen LogP contribution in [-0.2, 0) is 11.3 Å². The Morgan fingerprint density at radius 1 is 1.14 bits per heavy atom. The minimum atomic E-state index is -1.15. The van der Waals surface area contributed by atoms with Crippen LogP contribution in [0, 0.1) is 11.7 Å². The number of halogens is 2. The van der Waals surface area contributed by atoms with Crippen LogP contribution in [0.5, 0.6) is 0 Å². The number of carbonyl (C=O) groups is 3. The highest BCUT2D eigenvalue weighted by Gasteiger charge is 2.35. The number of rotatable bonds is 10. The van der Waals surface area contributed by atoms with Crippen LogP contribution < -0.4 is 16.8 Å². The molecule has 2 aromatic carbocycles. The smallest absolute Gasteiger partial charge is 0.270 e. The van der Waals surface area contributed by atoms with E-state index in [9.17, 15) is 18.8 Å². The van der Waals surface area contributed by atoms with Gasteiger partial charge in [0.1, 0.15) is 16.7 Å². The van der Waals surface area contributed by atoms with Crippen molar-refractivity contribution in [2.75, 3.05) is 12.3 Å². The molecule has 3 aromatic rings. The third kappa shape index (κ3) is 6.38. The number of hydrogen-bond acceptors (Lipinski definition) is 6.